The molecule has 0 radical (unpaired) electrons. The van der Waals surface area contributed by atoms with E-state index in [1.807, 2.05) is 10.8 Å². The van der Waals surface area contributed by atoms with E-state index >= 15 is 0 Å². The zero-order chi connectivity index (χ0) is 21.4. The van der Waals surface area contributed by atoms with Gasteiger partial charge in [0.2, 0.25) is 0 Å². The number of nitrogens with zero attached hydrogens (tertiary/aromatic N) is 3. The topological polar surface area (TPSA) is 93.5 Å². The number of sulfonamides is 1. The highest BCUT2D eigenvalue weighted by atomic mass is 32.2. The molecule has 2 heterocycles. The summed E-state index contributed by atoms with van der Waals surface area (Å²) in [4.78, 5) is 15.9. The van der Waals surface area contributed by atoms with Crippen molar-refractivity contribution < 1.29 is 17.9 Å². The first-order valence-electron chi connectivity index (χ1n) is 9.44. The van der Waals surface area contributed by atoms with Crippen LogP contribution < -0.4 is 14.4 Å². The van der Waals surface area contributed by atoms with Crippen molar-refractivity contribution in [3.8, 4) is 5.75 Å². The van der Waals surface area contributed by atoms with Crippen LogP contribution in [0.5, 0.6) is 5.75 Å². The fraction of sp³-hybridized carbons (Fsp3) is 0.300. The summed E-state index contributed by atoms with van der Waals surface area (Å²) in [5.41, 5.74) is 0.512. The lowest BCUT2D eigenvalue weighted by molar-refractivity contribution is -0.123. The lowest BCUT2D eigenvalue weighted by Gasteiger charge is -2.18. The lowest BCUT2D eigenvalue weighted by Crippen LogP contribution is -2.29. The molecule has 3 rings (SSSR count). The minimum Gasteiger partial charge on any atom is -0.484 e. The third kappa shape index (κ3) is 5.83. The van der Waals surface area contributed by atoms with Crippen LogP contribution in [0, 0.1) is 0 Å². The SMILES string of the molecule is CN(c1ccc(OCC(=O)NCCCCn2ccnc2)cc1)S(=O)(=O)c1cccs1. The van der Waals surface area contributed by atoms with Gasteiger partial charge in [0.25, 0.3) is 15.9 Å². The molecule has 1 amide bonds. The summed E-state index contributed by atoms with van der Waals surface area (Å²) >= 11 is 1.17. The van der Waals surface area contributed by atoms with Crippen LogP contribution in [-0.2, 0) is 21.4 Å². The maximum Gasteiger partial charge on any atom is 0.273 e. The number of thiophene rings is 1. The molecule has 0 saturated heterocycles. The number of imidazole rings is 1. The Labute approximate surface area is 180 Å². The molecule has 30 heavy (non-hydrogen) atoms. The third-order valence-corrected chi connectivity index (χ3v) is 7.56. The number of carbonyl (C=O) groups is 1. The van der Waals surface area contributed by atoms with Crippen LogP contribution in [0.1, 0.15) is 12.8 Å². The second-order valence-corrected chi connectivity index (χ2v) is 9.69. The molecule has 0 aliphatic carbocycles. The molecule has 0 atom stereocenters. The molecule has 10 heteroatoms. The Bertz CT molecular complexity index is 1020. The normalized spacial score (nSPS) is 11.2. The average molecular weight is 449 g/mol. The minimum atomic E-state index is -3.57. The van der Waals surface area contributed by atoms with Gasteiger partial charge in [0.05, 0.1) is 12.0 Å². The molecule has 2 aromatic heterocycles. The fourth-order valence-corrected chi connectivity index (χ4v) is 5.06. The number of nitrogens with one attached hydrogen (secondary N) is 1. The quantitative estimate of drug-likeness (QED) is 0.455. The first-order chi connectivity index (χ1) is 14.5. The number of carbonyl (C=O) groups excluding carboxylic acids is 1. The summed E-state index contributed by atoms with van der Waals surface area (Å²) in [6.07, 6.45) is 7.23. The summed E-state index contributed by atoms with van der Waals surface area (Å²) in [6, 6.07) is 9.86. The van der Waals surface area contributed by atoms with Gasteiger partial charge < -0.3 is 14.6 Å². The van der Waals surface area contributed by atoms with Gasteiger partial charge in [-0.05, 0) is 48.6 Å². The van der Waals surface area contributed by atoms with Gasteiger partial charge in [-0.2, -0.15) is 0 Å². The Morgan fingerprint density at radius 2 is 2.03 bits per heavy atom. The largest absolute Gasteiger partial charge is 0.484 e. The highest BCUT2D eigenvalue weighted by molar-refractivity contribution is 7.94. The Morgan fingerprint density at radius 1 is 1.23 bits per heavy atom. The van der Waals surface area contributed by atoms with Crippen molar-refractivity contribution in [2.24, 2.45) is 0 Å². The average Bonchev–Trinajstić information content (AvgIpc) is 3.46. The van der Waals surface area contributed by atoms with Crippen LogP contribution in [-0.4, -0.2) is 44.1 Å². The Balaban J connectivity index is 1.40. The molecule has 0 spiro atoms. The van der Waals surface area contributed by atoms with Crippen molar-refractivity contribution in [2.75, 3.05) is 24.5 Å². The predicted molar refractivity (Wildman–Crippen MR) is 116 cm³/mol. The van der Waals surface area contributed by atoms with Crippen molar-refractivity contribution in [1.82, 2.24) is 14.9 Å². The van der Waals surface area contributed by atoms with Gasteiger partial charge >= 0.3 is 0 Å². The van der Waals surface area contributed by atoms with Gasteiger partial charge in [-0.1, -0.05) is 6.07 Å². The first-order valence-corrected chi connectivity index (χ1v) is 11.8. The third-order valence-electron chi connectivity index (χ3n) is 4.40. The van der Waals surface area contributed by atoms with Gasteiger partial charge in [-0.15, -0.1) is 11.3 Å². The zero-order valence-corrected chi connectivity index (χ0v) is 18.2. The fourth-order valence-electron chi connectivity index (χ4n) is 2.70. The molecule has 1 N–H and O–H groups in total. The van der Waals surface area contributed by atoms with Crippen molar-refractivity contribution in [3.05, 3.63) is 60.5 Å². The van der Waals surface area contributed by atoms with Crippen LogP contribution in [0.15, 0.2) is 64.7 Å². The van der Waals surface area contributed by atoms with Crippen LogP contribution in [0.2, 0.25) is 0 Å². The summed E-state index contributed by atoms with van der Waals surface area (Å²) in [5.74, 6) is 0.301. The van der Waals surface area contributed by atoms with Crippen molar-refractivity contribution >= 4 is 33.0 Å². The van der Waals surface area contributed by atoms with E-state index in [1.165, 1.54) is 22.7 Å². The van der Waals surface area contributed by atoms with Gasteiger partial charge in [0.1, 0.15) is 9.96 Å². The van der Waals surface area contributed by atoms with Crippen LogP contribution in [0.4, 0.5) is 5.69 Å². The molecule has 8 nitrogen and oxygen atoms in total. The van der Waals surface area contributed by atoms with E-state index in [9.17, 15) is 13.2 Å². The number of anilines is 1. The highest BCUT2D eigenvalue weighted by Crippen LogP contribution is 2.26. The molecule has 3 aromatic rings. The predicted octanol–water partition coefficient (Wildman–Crippen LogP) is 2.75. The van der Waals surface area contributed by atoms with Crippen molar-refractivity contribution in [3.63, 3.8) is 0 Å². The number of rotatable bonds is 11. The Hall–Kier alpha value is -2.85. The minimum absolute atomic E-state index is 0.0931. The van der Waals surface area contributed by atoms with E-state index < -0.39 is 10.0 Å². The smallest absolute Gasteiger partial charge is 0.273 e. The van der Waals surface area contributed by atoms with E-state index in [0.29, 0.717) is 18.0 Å². The molecule has 0 fully saturated rings. The Kier molecular flexibility index (Phi) is 7.47. The molecular formula is C20H24N4O4S2. The summed E-state index contributed by atoms with van der Waals surface area (Å²) < 4.78 is 34.1. The molecule has 0 unspecified atom stereocenters. The maximum atomic E-state index is 12.6. The van der Waals surface area contributed by atoms with Crippen molar-refractivity contribution in [1.29, 1.82) is 0 Å². The summed E-state index contributed by atoms with van der Waals surface area (Å²) in [5, 5.41) is 4.55. The molecule has 0 aliphatic heterocycles. The molecule has 1 aromatic carbocycles. The van der Waals surface area contributed by atoms with E-state index in [-0.39, 0.29) is 16.7 Å². The molecule has 0 saturated carbocycles. The van der Waals surface area contributed by atoms with E-state index in [0.717, 1.165) is 19.4 Å². The van der Waals surface area contributed by atoms with E-state index in [1.54, 1.807) is 54.3 Å². The molecule has 0 bridgehead atoms. The summed E-state index contributed by atoms with van der Waals surface area (Å²) in [6.45, 7) is 1.36. The number of benzene rings is 1. The van der Waals surface area contributed by atoms with Gasteiger partial charge in [0.15, 0.2) is 6.61 Å². The summed E-state index contributed by atoms with van der Waals surface area (Å²) in [7, 11) is -2.07. The molecule has 160 valence electrons. The van der Waals surface area contributed by atoms with Crippen LogP contribution >= 0.6 is 11.3 Å². The van der Waals surface area contributed by atoms with E-state index in [2.05, 4.69) is 10.3 Å². The second-order valence-electron chi connectivity index (χ2n) is 6.54. The zero-order valence-electron chi connectivity index (χ0n) is 16.6. The standard InChI is InChI=1S/C20H24N4O4S2/c1-23(30(26,27)20-5-4-14-29-20)17-6-8-18(9-7-17)28-15-19(25)22-10-2-3-12-24-13-11-21-16-24/h4-9,11,13-14,16H,2-3,10,12,15H2,1H3,(H,22,25). The van der Waals surface area contributed by atoms with Gasteiger partial charge in [0, 0.05) is 32.5 Å². The first kappa shape index (κ1) is 21.8. The van der Waals surface area contributed by atoms with Crippen LogP contribution in [0.25, 0.3) is 0 Å². The number of aromatic nitrogens is 2. The van der Waals surface area contributed by atoms with Gasteiger partial charge in [-0.25, -0.2) is 13.4 Å². The number of ether oxygens (including phenoxy) is 1. The number of amides is 1. The lowest BCUT2D eigenvalue weighted by atomic mass is 10.3. The molecule has 0 aliphatic rings. The monoisotopic (exact) mass is 448 g/mol. The van der Waals surface area contributed by atoms with Crippen LogP contribution in [0.3, 0.4) is 0 Å². The van der Waals surface area contributed by atoms with Crippen molar-refractivity contribution in [2.45, 2.75) is 23.6 Å². The number of hydrogen-bond acceptors (Lipinski definition) is 6. The number of unbranched alkanes of at least 4 members (excludes halogenated alkanes) is 1. The Morgan fingerprint density at radius 3 is 2.70 bits per heavy atom. The van der Waals surface area contributed by atoms with Gasteiger partial charge in [-0.3, -0.25) is 9.10 Å². The number of aryl methyl sites for hydroxylation is 1. The maximum absolute atomic E-state index is 12.6. The van der Waals surface area contributed by atoms with E-state index in [4.69, 9.17) is 4.74 Å². The second kappa shape index (κ2) is 10.3. The highest BCUT2D eigenvalue weighted by Gasteiger charge is 2.22. The molecular weight excluding hydrogens is 424 g/mol. The number of hydrogen-bond donors (Lipinski definition) is 1.